The molecule has 0 N–H and O–H groups in total. The van der Waals surface area contributed by atoms with Crippen LogP contribution in [0.5, 0.6) is 0 Å². The summed E-state index contributed by atoms with van der Waals surface area (Å²) in [6, 6.07) is 9.40. The number of hydrogen-bond donors (Lipinski definition) is 0. The average molecular weight is 433 g/mol. The molecule has 0 bridgehead atoms. The van der Waals surface area contributed by atoms with Gasteiger partial charge in [0.25, 0.3) is 5.89 Å². The molecule has 4 aromatic heterocycles. The molecule has 4 aromatic rings. The van der Waals surface area contributed by atoms with Crippen molar-refractivity contribution in [3.8, 4) is 11.7 Å². The highest BCUT2D eigenvalue weighted by Gasteiger charge is 2.36. The lowest BCUT2D eigenvalue weighted by atomic mass is 9.83. The Labute approximate surface area is 184 Å². The van der Waals surface area contributed by atoms with E-state index in [9.17, 15) is 4.79 Å². The molecule has 5 heterocycles. The van der Waals surface area contributed by atoms with Crippen molar-refractivity contribution in [3.05, 3.63) is 54.7 Å². The third kappa shape index (κ3) is 4.05. The minimum atomic E-state index is -0.301. The Balaban J connectivity index is 1.33. The predicted molar refractivity (Wildman–Crippen MR) is 116 cm³/mol. The van der Waals surface area contributed by atoms with Crippen LogP contribution in [0.15, 0.2) is 57.9 Å². The van der Waals surface area contributed by atoms with Crippen LogP contribution in [0, 0.1) is 11.8 Å². The number of carbonyl (C=O) groups is 1. The lowest BCUT2D eigenvalue weighted by molar-refractivity contribution is -0.150. The number of piperidine rings is 1. The number of ether oxygens (including phenoxy) is 1. The summed E-state index contributed by atoms with van der Waals surface area (Å²) in [4.78, 5) is 27.9. The van der Waals surface area contributed by atoms with Gasteiger partial charge in [-0.25, -0.2) is 4.98 Å². The number of furan rings is 1. The van der Waals surface area contributed by atoms with Gasteiger partial charge in [-0.1, -0.05) is 11.2 Å². The van der Waals surface area contributed by atoms with Gasteiger partial charge in [-0.2, -0.15) is 4.98 Å². The zero-order valence-electron chi connectivity index (χ0n) is 17.7. The van der Waals surface area contributed by atoms with Gasteiger partial charge in [-0.3, -0.25) is 9.78 Å². The van der Waals surface area contributed by atoms with Crippen LogP contribution in [0.4, 0.5) is 5.82 Å². The highest BCUT2D eigenvalue weighted by atomic mass is 16.5. The maximum atomic E-state index is 12.7. The molecule has 164 valence electrons. The Morgan fingerprint density at radius 2 is 2.22 bits per heavy atom. The third-order valence-corrected chi connectivity index (χ3v) is 5.76. The van der Waals surface area contributed by atoms with Crippen molar-refractivity contribution in [3.63, 3.8) is 0 Å². The number of rotatable bonds is 6. The minimum absolute atomic E-state index is 0.0411. The molecular formula is C23H23N5O4. The number of aromatic nitrogens is 4. The molecule has 1 aliphatic heterocycles. The summed E-state index contributed by atoms with van der Waals surface area (Å²) in [5.74, 6) is 1.76. The van der Waals surface area contributed by atoms with Gasteiger partial charge < -0.3 is 18.6 Å². The van der Waals surface area contributed by atoms with E-state index in [0.29, 0.717) is 42.6 Å². The zero-order valence-corrected chi connectivity index (χ0v) is 17.7. The average Bonchev–Trinajstić information content (AvgIpc) is 3.47. The number of pyridine rings is 2. The number of hydrogen-bond acceptors (Lipinski definition) is 9. The monoisotopic (exact) mass is 433 g/mol. The van der Waals surface area contributed by atoms with Crippen LogP contribution in [-0.2, 0) is 16.0 Å². The van der Waals surface area contributed by atoms with Crippen molar-refractivity contribution in [2.24, 2.45) is 11.8 Å². The third-order valence-electron chi connectivity index (χ3n) is 5.76. The summed E-state index contributed by atoms with van der Waals surface area (Å²) in [5.41, 5.74) is 0.707. The molecule has 0 saturated carbocycles. The standard InChI is InChI=1S/C23H23N5O4/c1-2-30-23(29)17-14-28(21-5-3-4-8-25-21)10-7-15(17)12-20-26-22(32-27-20)19-11-16-13-24-9-6-18(16)31-19/h3-6,8-9,11,13,15,17H,2,7,10,12,14H2,1H3. The lowest BCUT2D eigenvalue weighted by Gasteiger charge is -2.37. The maximum absolute atomic E-state index is 12.7. The first-order valence-corrected chi connectivity index (χ1v) is 10.7. The number of anilines is 1. The maximum Gasteiger partial charge on any atom is 0.311 e. The number of fused-ring (bicyclic) bond motifs is 1. The Morgan fingerprint density at radius 3 is 3.03 bits per heavy atom. The molecule has 1 fully saturated rings. The van der Waals surface area contributed by atoms with Crippen LogP contribution in [0.25, 0.3) is 22.6 Å². The predicted octanol–water partition coefficient (Wildman–Crippen LogP) is 3.52. The van der Waals surface area contributed by atoms with Crippen molar-refractivity contribution in [2.75, 3.05) is 24.6 Å². The molecule has 1 saturated heterocycles. The quantitative estimate of drug-likeness (QED) is 0.422. The van der Waals surface area contributed by atoms with Gasteiger partial charge in [0.15, 0.2) is 11.6 Å². The van der Waals surface area contributed by atoms with E-state index in [-0.39, 0.29) is 17.8 Å². The second-order valence-corrected chi connectivity index (χ2v) is 7.79. The highest BCUT2D eigenvalue weighted by Crippen LogP contribution is 2.31. The summed E-state index contributed by atoms with van der Waals surface area (Å²) in [6.45, 7) is 3.50. The fourth-order valence-corrected chi connectivity index (χ4v) is 4.17. The molecule has 32 heavy (non-hydrogen) atoms. The van der Waals surface area contributed by atoms with Crippen LogP contribution in [0.3, 0.4) is 0 Å². The van der Waals surface area contributed by atoms with Crippen molar-refractivity contribution >= 4 is 22.8 Å². The van der Waals surface area contributed by atoms with E-state index in [1.807, 2.05) is 31.2 Å². The van der Waals surface area contributed by atoms with E-state index in [1.54, 1.807) is 24.7 Å². The number of carbonyl (C=O) groups excluding carboxylic acids is 1. The van der Waals surface area contributed by atoms with E-state index in [1.165, 1.54) is 0 Å². The van der Waals surface area contributed by atoms with Gasteiger partial charge in [-0.05, 0) is 43.5 Å². The van der Waals surface area contributed by atoms with Crippen molar-refractivity contribution in [1.82, 2.24) is 20.1 Å². The molecule has 2 atom stereocenters. The van der Waals surface area contributed by atoms with Gasteiger partial charge >= 0.3 is 5.97 Å². The zero-order chi connectivity index (χ0) is 21.9. The van der Waals surface area contributed by atoms with Crippen LogP contribution in [0.2, 0.25) is 0 Å². The van der Waals surface area contributed by atoms with Crippen LogP contribution in [0.1, 0.15) is 19.2 Å². The SMILES string of the molecule is CCOC(=O)C1CN(c2ccccn2)CCC1Cc1noc(-c2cc3cnccc3o2)n1. The summed E-state index contributed by atoms with van der Waals surface area (Å²) >= 11 is 0. The molecule has 0 radical (unpaired) electrons. The summed E-state index contributed by atoms with van der Waals surface area (Å²) in [7, 11) is 0. The molecule has 5 rings (SSSR count). The van der Waals surface area contributed by atoms with Gasteiger partial charge in [0.1, 0.15) is 11.4 Å². The van der Waals surface area contributed by atoms with E-state index < -0.39 is 0 Å². The van der Waals surface area contributed by atoms with Crippen molar-refractivity contribution in [1.29, 1.82) is 0 Å². The van der Waals surface area contributed by atoms with Crippen LogP contribution >= 0.6 is 0 Å². The van der Waals surface area contributed by atoms with E-state index in [0.717, 1.165) is 24.2 Å². The second-order valence-electron chi connectivity index (χ2n) is 7.79. The molecule has 9 nitrogen and oxygen atoms in total. The second kappa shape index (κ2) is 8.78. The van der Waals surface area contributed by atoms with Crippen molar-refractivity contribution in [2.45, 2.75) is 19.8 Å². The van der Waals surface area contributed by atoms with E-state index >= 15 is 0 Å². The molecule has 0 aliphatic carbocycles. The molecular weight excluding hydrogens is 410 g/mol. The summed E-state index contributed by atoms with van der Waals surface area (Å²) in [6.07, 6.45) is 6.46. The molecule has 1 aliphatic rings. The fourth-order valence-electron chi connectivity index (χ4n) is 4.17. The van der Waals surface area contributed by atoms with Gasteiger partial charge in [-0.15, -0.1) is 0 Å². The smallest absolute Gasteiger partial charge is 0.311 e. The van der Waals surface area contributed by atoms with E-state index in [2.05, 4.69) is 25.0 Å². The molecule has 0 amide bonds. The number of nitrogens with zero attached hydrogens (tertiary/aromatic N) is 5. The Morgan fingerprint density at radius 1 is 1.28 bits per heavy atom. The fraction of sp³-hybridized carbons (Fsp3) is 0.348. The van der Waals surface area contributed by atoms with Crippen LogP contribution < -0.4 is 4.90 Å². The van der Waals surface area contributed by atoms with Gasteiger partial charge in [0.2, 0.25) is 0 Å². The number of esters is 1. The largest absolute Gasteiger partial charge is 0.466 e. The Bertz CT molecular complexity index is 1170. The van der Waals surface area contributed by atoms with E-state index in [4.69, 9.17) is 13.7 Å². The summed E-state index contributed by atoms with van der Waals surface area (Å²) < 4.78 is 16.6. The topological polar surface area (TPSA) is 107 Å². The lowest BCUT2D eigenvalue weighted by Crippen LogP contribution is -2.45. The van der Waals surface area contributed by atoms with Gasteiger partial charge in [0, 0.05) is 43.5 Å². The van der Waals surface area contributed by atoms with Crippen molar-refractivity contribution < 1.29 is 18.5 Å². The first-order chi connectivity index (χ1) is 15.7. The first-order valence-electron chi connectivity index (χ1n) is 10.7. The Hall–Kier alpha value is -3.75. The normalized spacial score (nSPS) is 18.7. The Kier molecular flexibility index (Phi) is 5.53. The first kappa shape index (κ1) is 20.2. The minimum Gasteiger partial charge on any atom is -0.466 e. The summed E-state index contributed by atoms with van der Waals surface area (Å²) in [5, 5.41) is 5.00. The molecule has 0 spiro atoms. The highest BCUT2D eigenvalue weighted by molar-refractivity contribution is 5.80. The molecule has 0 aromatic carbocycles. The molecule has 9 heteroatoms. The van der Waals surface area contributed by atoms with Gasteiger partial charge in [0.05, 0.1) is 12.5 Å². The van der Waals surface area contributed by atoms with Crippen LogP contribution in [-0.4, -0.2) is 45.8 Å². The molecule has 2 unspecified atom stereocenters.